The molecular weight excluding hydrogens is 278 g/mol. The quantitative estimate of drug-likeness (QED) is 0.878. The summed E-state index contributed by atoms with van der Waals surface area (Å²) in [5.74, 6) is 0.570. The lowest BCUT2D eigenvalue weighted by Crippen LogP contribution is -2.45. The second-order valence-electron chi connectivity index (χ2n) is 5.08. The first-order valence-corrected chi connectivity index (χ1v) is 7.39. The molecule has 20 heavy (non-hydrogen) atoms. The number of carbonyl (C=O) groups is 1. The maximum Gasteiger partial charge on any atom is 0.223 e. The maximum atomic E-state index is 11.8. The lowest BCUT2D eigenvalue weighted by molar-refractivity contribution is -0.123. The van der Waals surface area contributed by atoms with Gasteiger partial charge in [-0.2, -0.15) is 0 Å². The Bertz CT molecular complexity index is 452. The van der Waals surface area contributed by atoms with Gasteiger partial charge in [0.2, 0.25) is 5.91 Å². The van der Waals surface area contributed by atoms with Crippen molar-refractivity contribution >= 4 is 17.5 Å². The SMILES string of the molecule is O=C(CCOc1cccc(Cl)c1)NC1CCCCC1O. The third-order valence-electron chi connectivity index (χ3n) is 3.47. The summed E-state index contributed by atoms with van der Waals surface area (Å²) in [6.07, 6.45) is 3.57. The molecule has 1 amide bonds. The first-order valence-electron chi connectivity index (χ1n) is 7.01. The Morgan fingerprint density at radius 3 is 2.95 bits per heavy atom. The number of carbonyl (C=O) groups excluding carboxylic acids is 1. The fraction of sp³-hybridized carbons (Fsp3) is 0.533. The van der Waals surface area contributed by atoms with E-state index >= 15 is 0 Å². The fourth-order valence-electron chi connectivity index (χ4n) is 2.38. The van der Waals surface area contributed by atoms with Gasteiger partial charge in [0.1, 0.15) is 5.75 Å². The summed E-state index contributed by atoms with van der Waals surface area (Å²) in [6.45, 7) is 0.301. The van der Waals surface area contributed by atoms with Crippen molar-refractivity contribution < 1.29 is 14.6 Å². The number of benzene rings is 1. The van der Waals surface area contributed by atoms with Gasteiger partial charge in [-0.05, 0) is 31.0 Å². The lowest BCUT2D eigenvalue weighted by Gasteiger charge is -2.28. The van der Waals surface area contributed by atoms with Crippen molar-refractivity contribution in [2.45, 2.75) is 44.2 Å². The molecule has 110 valence electrons. The van der Waals surface area contributed by atoms with E-state index < -0.39 is 6.10 Å². The van der Waals surface area contributed by atoms with Crippen LogP contribution in [-0.4, -0.2) is 29.8 Å². The summed E-state index contributed by atoms with van der Waals surface area (Å²) < 4.78 is 5.47. The van der Waals surface area contributed by atoms with Gasteiger partial charge in [0.15, 0.2) is 0 Å². The fourth-order valence-corrected chi connectivity index (χ4v) is 2.56. The molecule has 5 heteroatoms. The van der Waals surface area contributed by atoms with Crippen LogP contribution in [0.2, 0.25) is 5.02 Å². The van der Waals surface area contributed by atoms with E-state index in [1.54, 1.807) is 24.3 Å². The van der Waals surface area contributed by atoms with E-state index in [2.05, 4.69) is 5.32 Å². The summed E-state index contributed by atoms with van der Waals surface area (Å²) in [6, 6.07) is 6.98. The average molecular weight is 298 g/mol. The highest BCUT2D eigenvalue weighted by molar-refractivity contribution is 6.30. The van der Waals surface area contributed by atoms with Crippen LogP contribution in [0.3, 0.4) is 0 Å². The third kappa shape index (κ3) is 4.69. The maximum absolute atomic E-state index is 11.8. The van der Waals surface area contributed by atoms with Gasteiger partial charge in [0.05, 0.1) is 25.2 Å². The van der Waals surface area contributed by atoms with Gasteiger partial charge in [-0.1, -0.05) is 30.5 Å². The minimum absolute atomic E-state index is 0.0852. The molecule has 1 aliphatic rings. The Balaban J connectivity index is 1.70. The number of aliphatic hydroxyl groups excluding tert-OH is 1. The zero-order valence-corrected chi connectivity index (χ0v) is 12.1. The van der Waals surface area contributed by atoms with E-state index in [0.29, 0.717) is 17.4 Å². The van der Waals surface area contributed by atoms with Crippen molar-refractivity contribution in [1.82, 2.24) is 5.32 Å². The summed E-state index contributed by atoms with van der Waals surface area (Å²) in [5, 5.41) is 13.3. The molecule has 2 rings (SSSR count). The summed E-state index contributed by atoms with van der Waals surface area (Å²) in [4.78, 5) is 11.8. The van der Waals surface area contributed by atoms with E-state index in [9.17, 15) is 9.90 Å². The zero-order chi connectivity index (χ0) is 14.4. The minimum Gasteiger partial charge on any atom is -0.493 e. The number of ether oxygens (including phenoxy) is 1. The normalized spacial score (nSPS) is 22.3. The van der Waals surface area contributed by atoms with Gasteiger partial charge in [-0.3, -0.25) is 4.79 Å². The van der Waals surface area contributed by atoms with Gasteiger partial charge in [-0.15, -0.1) is 0 Å². The molecule has 0 radical (unpaired) electrons. The standard InChI is InChI=1S/C15H20ClNO3/c16-11-4-3-5-12(10-11)20-9-8-15(19)17-13-6-1-2-7-14(13)18/h3-5,10,13-14,18H,1-2,6-9H2,(H,17,19). The highest BCUT2D eigenvalue weighted by atomic mass is 35.5. The number of hydrogen-bond donors (Lipinski definition) is 2. The molecule has 2 atom stereocenters. The number of aliphatic hydroxyl groups is 1. The number of halogens is 1. The number of nitrogens with one attached hydrogen (secondary N) is 1. The molecule has 0 bridgehead atoms. The Labute approximate surface area is 124 Å². The van der Waals surface area contributed by atoms with E-state index in [1.165, 1.54) is 0 Å². The van der Waals surface area contributed by atoms with E-state index in [1.807, 2.05) is 0 Å². The van der Waals surface area contributed by atoms with Crippen LogP contribution in [0.5, 0.6) is 5.75 Å². The Kier molecular flexibility index (Phi) is 5.68. The molecule has 0 heterocycles. The van der Waals surface area contributed by atoms with Gasteiger partial charge in [-0.25, -0.2) is 0 Å². The second kappa shape index (κ2) is 7.50. The molecule has 0 aromatic heterocycles. The van der Waals surface area contributed by atoms with Gasteiger partial charge in [0, 0.05) is 5.02 Å². The molecule has 1 aliphatic carbocycles. The van der Waals surface area contributed by atoms with Gasteiger partial charge >= 0.3 is 0 Å². The number of hydrogen-bond acceptors (Lipinski definition) is 3. The van der Waals surface area contributed by atoms with Crippen LogP contribution in [0.4, 0.5) is 0 Å². The van der Waals surface area contributed by atoms with E-state index in [-0.39, 0.29) is 18.4 Å². The van der Waals surface area contributed by atoms with Crippen molar-refractivity contribution in [3.05, 3.63) is 29.3 Å². The molecule has 1 aromatic rings. The second-order valence-corrected chi connectivity index (χ2v) is 5.52. The topological polar surface area (TPSA) is 58.6 Å². The van der Waals surface area contributed by atoms with Crippen molar-refractivity contribution in [3.8, 4) is 5.75 Å². The highest BCUT2D eigenvalue weighted by Crippen LogP contribution is 2.19. The molecule has 0 saturated heterocycles. The van der Waals surface area contributed by atoms with Crippen LogP contribution in [0, 0.1) is 0 Å². The Morgan fingerprint density at radius 1 is 1.40 bits per heavy atom. The molecule has 2 N–H and O–H groups in total. The molecule has 0 aliphatic heterocycles. The average Bonchev–Trinajstić information content (AvgIpc) is 2.41. The third-order valence-corrected chi connectivity index (χ3v) is 3.70. The summed E-state index contributed by atoms with van der Waals surface area (Å²) in [7, 11) is 0. The Hall–Kier alpha value is -1.26. The van der Waals surface area contributed by atoms with E-state index in [4.69, 9.17) is 16.3 Å². The molecular formula is C15H20ClNO3. The van der Waals surface area contributed by atoms with Gasteiger partial charge in [0.25, 0.3) is 0 Å². The van der Waals surface area contributed by atoms with Crippen LogP contribution in [0.25, 0.3) is 0 Å². The van der Waals surface area contributed by atoms with E-state index in [0.717, 1.165) is 25.7 Å². The highest BCUT2D eigenvalue weighted by Gasteiger charge is 2.24. The molecule has 1 fully saturated rings. The summed E-state index contributed by atoms with van der Waals surface area (Å²) in [5.41, 5.74) is 0. The monoisotopic (exact) mass is 297 g/mol. The van der Waals surface area contributed by atoms with Crippen molar-refractivity contribution in [1.29, 1.82) is 0 Å². The first-order chi connectivity index (χ1) is 9.65. The molecule has 1 saturated carbocycles. The van der Waals surface area contributed by atoms with Crippen LogP contribution < -0.4 is 10.1 Å². The van der Waals surface area contributed by atoms with Crippen molar-refractivity contribution in [2.75, 3.05) is 6.61 Å². The molecule has 1 aromatic carbocycles. The molecule has 2 unspecified atom stereocenters. The van der Waals surface area contributed by atoms with Crippen LogP contribution in [0.15, 0.2) is 24.3 Å². The van der Waals surface area contributed by atoms with Gasteiger partial charge < -0.3 is 15.2 Å². The minimum atomic E-state index is -0.415. The van der Waals surface area contributed by atoms with Crippen LogP contribution in [0.1, 0.15) is 32.1 Å². The van der Waals surface area contributed by atoms with Crippen molar-refractivity contribution in [2.24, 2.45) is 0 Å². The Morgan fingerprint density at radius 2 is 2.20 bits per heavy atom. The predicted octanol–water partition coefficient (Wildman–Crippen LogP) is 2.53. The first kappa shape index (κ1) is 15.1. The van der Waals surface area contributed by atoms with Crippen molar-refractivity contribution in [3.63, 3.8) is 0 Å². The number of amides is 1. The number of rotatable bonds is 5. The smallest absolute Gasteiger partial charge is 0.223 e. The van der Waals surface area contributed by atoms with Crippen LogP contribution in [-0.2, 0) is 4.79 Å². The summed E-state index contributed by atoms with van der Waals surface area (Å²) >= 11 is 5.84. The largest absolute Gasteiger partial charge is 0.493 e. The lowest BCUT2D eigenvalue weighted by atomic mass is 9.92. The molecule has 0 spiro atoms. The zero-order valence-electron chi connectivity index (χ0n) is 11.3. The predicted molar refractivity (Wildman–Crippen MR) is 78.0 cm³/mol. The van der Waals surface area contributed by atoms with Crippen LogP contribution >= 0.6 is 11.6 Å². The molecule has 4 nitrogen and oxygen atoms in total.